The van der Waals surface area contributed by atoms with Gasteiger partial charge < -0.3 is 10.6 Å². The standard InChI is InChI=1S/C17H22N4O/c1-2-7-12-8-6-9-13-14(18)16(20-19-15(12)13)17(22)21-10-4-3-5-11-21/h6,8-9H,2-5,7,10-11H2,1H3,(H2,18,19). The van der Waals surface area contributed by atoms with Crippen molar-refractivity contribution >= 4 is 22.5 Å². The summed E-state index contributed by atoms with van der Waals surface area (Å²) < 4.78 is 0. The number of amides is 1. The summed E-state index contributed by atoms with van der Waals surface area (Å²) in [4.78, 5) is 14.5. The molecule has 1 amide bonds. The average molecular weight is 298 g/mol. The summed E-state index contributed by atoms with van der Waals surface area (Å²) in [7, 11) is 0. The molecule has 1 aliphatic rings. The molecule has 1 fully saturated rings. The van der Waals surface area contributed by atoms with E-state index in [1.165, 1.54) is 6.42 Å². The van der Waals surface area contributed by atoms with E-state index in [0.717, 1.165) is 55.2 Å². The van der Waals surface area contributed by atoms with Crippen LogP contribution in [0.1, 0.15) is 48.7 Å². The highest BCUT2D eigenvalue weighted by atomic mass is 16.2. The lowest BCUT2D eigenvalue weighted by atomic mass is 10.0. The molecule has 1 aromatic heterocycles. The van der Waals surface area contributed by atoms with Crippen LogP contribution in [0, 0.1) is 0 Å². The van der Waals surface area contributed by atoms with Gasteiger partial charge in [-0.25, -0.2) is 0 Å². The van der Waals surface area contributed by atoms with Gasteiger partial charge in [0.1, 0.15) is 0 Å². The molecule has 3 rings (SSSR count). The molecular formula is C17H22N4O. The molecule has 5 nitrogen and oxygen atoms in total. The second-order valence-corrected chi connectivity index (χ2v) is 5.88. The molecule has 116 valence electrons. The Morgan fingerprint density at radius 2 is 2.00 bits per heavy atom. The van der Waals surface area contributed by atoms with Gasteiger partial charge in [0.15, 0.2) is 5.69 Å². The van der Waals surface area contributed by atoms with Crippen molar-refractivity contribution in [2.45, 2.75) is 39.0 Å². The van der Waals surface area contributed by atoms with Crippen LogP contribution >= 0.6 is 0 Å². The maximum Gasteiger partial charge on any atom is 0.276 e. The number of nitrogens with two attached hydrogens (primary N) is 1. The zero-order chi connectivity index (χ0) is 15.5. The number of carbonyl (C=O) groups is 1. The van der Waals surface area contributed by atoms with Gasteiger partial charge in [0.2, 0.25) is 0 Å². The van der Waals surface area contributed by atoms with Crippen LogP contribution in [0.25, 0.3) is 10.9 Å². The summed E-state index contributed by atoms with van der Waals surface area (Å²) in [5.41, 5.74) is 8.95. The number of nitrogen functional groups attached to an aromatic ring is 1. The van der Waals surface area contributed by atoms with E-state index in [2.05, 4.69) is 17.1 Å². The van der Waals surface area contributed by atoms with E-state index in [9.17, 15) is 4.79 Å². The van der Waals surface area contributed by atoms with Crippen LogP contribution in [0.5, 0.6) is 0 Å². The topological polar surface area (TPSA) is 72.1 Å². The Hall–Kier alpha value is -2.17. The minimum absolute atomic E-state index is 0.0903. The number of nitrogens with zero attached hydrogens (tertiary/aromatic N) is 3. The number of aryl methyl sites for hydroxylation is 1. The second kappa shape index (κ2) is 6.30. The number of benzene rings is 1. The lowest BCUT2D eigenvalue weighted by Gasteiger charge is -2.26. The fraction of sp³-hybridized carbons (Fsp3) is 0.471. The molecule has 0 unspecified atom stereocenters. The van der Waals surface area contributed by atoms with Crippen molar-refractivity contribution in [3.05, 3.63) is 29.5 Å². The largest absolute Gasteiger partial charge is 0.396 e. The molecule has 0 aliphatic carbocycles. The molecule has 2 N–H and O–H groups in total. The minimum atomic E-state index is -0.0903. The van der Waals surface area contributed by atoms with Crippen LogP contribution in [0.15, 0.2) is 18.2 Å². The van der Waals surface area contributed by atoms with Crippen LogP contribution in [-0.4, -0.2) is 34.1 Å². The molecule has 2 aromatic rings. The number of hydrogen-bond acceptors (Lipinski definition) is 4. The van der Waals surface area contributed by atoms with Crippen molar-refractivity contribution in [1.82, 2.24) is 15.1 Å². The van der Waals surface area contributed by atoms with E-state index in [0.29, 0.717) is 11.4 Å². The van der Waals surface area contributed by atoms with Gasteiger partial charge >= 0.3 is 0 Å². The molecule has 0 bridgehead atoms. The first-order valence-corrected chi connectivity index (χ1v) is 8.05. The Labute approximate surface area is 130 Å². The number of rotatable bonds is 3. The van der Waals surface area contributed by atoms with Crippen molar-refractivity contribution in [3.63, 3.8) is 0 Å². The Balaban J connectivity index is 2.01. The maximum absolute atomic E-state index is 12.6. The Morgan fingerprint density at radius 3 is 2.73 bits per heavy atom. The zero-order valence-corrected chi connectivity index (χ0v) is 13.0. The quantitative estimate of drug-likeness (QED) is 0.945. The van der Waals surface area contributed by atoms with Crippen molar-refractivity contribution in [2.75, 3.05) is 18.8 Å². The van der Waals surface area contributed by atoms with E-state index in [1.54, 1.807) is 0 Å². The Morgan fingerprint density at radius 1 is 1.23 bits per heavy atom. The first kappa shape index (κ1) is 14.8. The third kappa shape index (κ3) is 2.63. The molecule has 0 radical (unpaired) electrons. The van der Waals surface area contributed by atoms with Crippen molar-refractivity contribution in [2.24, 2.45) is 0 Å². The smallest absolute Gasteiger partial charge is 0.276 e. The summed E-state index contributed by atoms with van der Waals surface area (Å²) >= 11 is 0. The number of hydrogen-bond donors (Lipinski definition) is 1. The summed E-state index contributed by atoms with van der Waals surface area (Å²) in [5.74, 6) is -0.0903. The van der Waals surface area contributed by atoms with Gasteiger partial charge in [-0.05, 0) is 31.2 Å². The fourth-order valence-electron chi connectivity index (χ4n) is 3.08. The van der Waals surface area contributed by atoms with E-state index in [-0.39, 0.29) is 5.91 Å². The molecule has 1 aromatic carbocycles. The van der Waals surface area contributed by atoms with E-state index < -0.39 is 0 Å². The minimum Gasteiger partial charge on any atom is -0.396 e. The molecule has 1 aliphatic heterocycles. The highest BCUT2D eigenvalue weighted by Crippen LogP contribution is 2.26. The van der Waals surface area contributed by atoms with Crippen LogP contribution in [0.2, 0.25) is 0 Å². The van der Waals surface area contributed by atoms with Crippen molar-refractivity contribution < 1.29 is 4.79 Å². The average Bonchev–Trinajstić information content (AvgIpc) is 2.56. The Kier molecular flexibility index (Phi) is 4.22. The molecule has 22 heavy (non-hydrogen) atoms. The second-order valence-electron chi connectivity index (χ2n) is 5.88. The zero-order valence-electron chi connectivity index (χ0n) is 13.0. The monoisotopic (exact) mass is 298 g/mol. The molecule has 2 heterocycles. The maximum atomic E-state index is 12.6. The summed E-state index contributed by atoms with van der Waals surface area (Å²) in [6.45, 7) is 3.70. The molecule has 0 saturated carbocycles. The van der Waals surface area contributed by atoms with Gasteiger partial charge in [-0.2, -0.15) is 0 Å². The van der Waals surface area contributed by atoms with E-state index >= 15 is 0 Å². The highest BCUT2D eigenvalue weighted by Gasteiger charge is 2.23. The molecule has 5 heteroatoms. The van der Waals surface area contributed by atoms with Crippen molar-refractivity contribution in [1.29, 1.82) is 0 Å². The van der Waals surface area contributed by atoms with Crippen LogP contribution < -0.4 is 5.73 Å². The van der Waals surface area contributed by atoms with Crippen LogP contribution in [-0.2, 0) is 6.42 Å². The number of fused-ring (bicyclic) bond motifs is 1. The first-order chi connectivity index (χ1) is 10.7. The van der Waals surface area contributed by atoms with Gasteiger partial charge in [-0.1, -0.05) is 31.5 Å². The van der Waals surface area contributed by atoms with E-state index in [1.807, 2.05) is 23.1 Å². The fourth-order valence-corrected chi connectivity index (χ4v) is 3.08. The Bertz CT molecular complexity index is 692. The summed E-state index contributed by atoms with van der Waals surface area (Å²) in [6.07, 6.45) is 5.25. The van der Waals surface area contributed by atoms with Gasteiger partial charge in [-0.15, -0.1) is 10.2 Å². The number of anilines is 1. The van der Waals surface area contributed by atoms with Gasteiger partial charge in [0.25, 0.3) is 5.91 Å². The number of carbonyl (C=O) groups excluding carboxylic acids is 1. The van der Waals surface area contributed by atoms with Crippen molar-refractivity contribution in [3.8, 4) is 0 Å². The lowest BCUT2D eigenvalue weighted by Crippen LogP contribution is -2.36. The number of likely N-dealkylation sites (tertiary alicyclic amines) is 1. The SMILES string of the molecule is CCCc1cccc2c(N)c(C(=O)N3CCCCC3)nnc12. The highest BCUT2D eigenvalue weighted by molar-refractivity contribution is 6.05. The summed E-state index contributed by atoms with van der Waals surface area (Å²) in [5, 5.41) is 9.29. The molecule has 0 atom stereocenters. The molecule has 0 spiro atoms. The molecule has 1 saturated heterocycles. The van der Waals surface area contributed by atoms with Crippen LogP contribution in [0.4, 0.5) is 5.69 Å². The van der Waals surface area contributed by atoms with Gasteiger partial charge in [-0.3, -0.25) is 4.79 Å². The third-order valence-electron chi connectivity index (χ3n) is 4.28. The molecular weight excluding hydrogens is 276 g/mol. The normalized spacial score (nSPS) is 15.2. The van der Waals surface area contributed by atoms with Crippen LogP contribution in [0.3, 0.4) is 0 Å². The summed E-state index contributed by atoms with van der Waals surface area (Å²) in [6, 6.07) is 5.94. The third-order valence-corrected chi connectivity index (χ3v) is 4.28. The predicted molar refractivity (Wildman–Crippen MR) is 87.7 cm³/mol. The van der Waals surface area contributed by atoms with Gasteiger partial charge in [0.05, 0.1) is 11.2 Å². The number of aromatic nitrogens is 2. The van der Waals surface area contributed by atoms with E-state index in [4.69, 9.17) is 5.73 Å². The lowest BCUT2D eigenvalue weighted by molar-refractivity contribution is 0.0718. The predicted octanol–water partition coefficient (Wildman–Crippen LogP) is 2.79. The number of piperidine rings is 1. The first-order valence-electron chi connectivity index (χ1n) is 8.05. The van der Waals surface area contributed by atoms with Gasteiger partial charge in [0, 0.05) is 18.5 Å².